The van der Waals surface area contributed by atoms with Crippen LogP contribution in [-0.2, 0) is 19.5 Å². The molecular formula is C21H35N3O. The van der Waals surface area contributed by atoms with Gasteiger partial charge in [-0.15, -0.1) is 0 Å². The standard InChI is InChI=1S/C21H35N3O/c1-4-9-24-16-18-14-21(25-6-3)19(12-17(18)13-20(24)5-2)15-23-10-7-22-8-11-23/h12,14,20,22H,4-11,13,15-16H2,1-3H3. The van der Waals surface area contributed by atoms with Crippen LogP contribution in [0.3, 0.4) is 0 Å². The van der Waals surface area contributed by atoms with E-state index in [4.69, 9.17) is 4.74 Å². The maximum atomic E-state index is 6.03. The zero-order valence-electron chi connectivity index (χ0n) is 16.3. The van der Waals surface area contributed by atoms with Gasteiger partial charge < -0.3 is 10.1 Å². The van der Waals surface area contributed by atoms with Crippen molar-refractivity contribution in [2.45, 2.75) is 59.2 Å². The Labute approximate surface area is 153 Å². The van der Waals surface area contributed by atoms with E-state index >= 15 is 0 Å². The molecule has 4 nitrogen and oxygen atoms in total. The first-order valence-electron chi connectivity index (χ1n) is 10.2. The fourth-order valence-electron chi connectivity index (χ4n) is 4.26. The van der Waals surface area contributed by atoms with Gasteiger partial charge in [0.1, 0.15) is 5.75 Å². The molecule has 0 spiro atoms. The topological polar surface area (TPSA) is 27.7 Å². The molecule has 25 heavy (non-hydrogen) atoms. The maximum Gasteiger partial charge on any atom is 0.124 e. The molecule has 0 aromatic heterocycles. The summed E-state index contributed by atoms with van der Waals surface area (Å²) in [5.74, 6) is 1.10. The van der Waals surface area contributed by atoms with E-state index in [1.165, 1.54) is 36.9 Å². The largest absolute Gasteiger partial charge is 0.494 e. The number of piperazine rings is 1. The van der Waals surface area contributed by atoms with Crippen LogP contribution in [0, 0.1) is 0 Å². The normalized spacial score (nSPS) is 22.0. The number of hydrogen-bond acceptors (Lipinski definition) is 4. The van der Waals surface area contributed by atoms with Gasteiger partial charge in [0.2, 0.25) is 0 Å². The van der Waals surface area contributed by atoms with Crippen LogP contribution in [0.25, 0.3) is 0 Å². The number of ether oxygens (including phenoxy) is 1. The van der Waals surface area contributed by atoms with Crippen molar-refractivity contribution in [2.24, 2.45) is 0 Å². The third kappa shape index (κ3) is 4.55. The molecule has 3 rings (SSSR count). The Morgan fingerprint density at radius 1 is 1.12 bits per heavy atom. The zero-order valence-corrected chi connectivity index (χ0v) is 16.3. The number of rotatable bonds is 7. The van der Waals surface area contributed by atoms with Crippen LogP contribution < -0.4 is 10.1 Å². The van der Waals surface area contributed by atoms with E-state index in [1.54, 1.807) is 5.56 Å². The molecule has 1 atom stereocenters. The van der Waals surface area contributed by atoms with Crippen molar-refractivity contribution in [2.75, 3.05) is 39.3 Å². The van der Waals surface area contributed by atoms with Crippen LogP contribution >= 0.6 is 0 Å². The molecule has 1 unspecified atom stereocenters. The van der Waals surface area contributed by atoms with Gasteiger partial charge in [-0.2, -0.15) is 0 Å². The summed E-state index contributed by atoms with van der Waals surface area (Å²) >= 11 is 0. The molecule has 1 fully saturated rings. The van der Waals surface area contributed by atoms with E-state index in [-0.39, 0.29) is 0 Å². The van der Waals surface area contributed by atoms with Crippen LogP contribution in [0.1, 0.15) is 50.3 Å². The molecule has 2 heterocycles. The summed E-state index contributed by atoms with van der Waals surface area (Å²) in [4.78, 5) is 5.21. The monoisotopic (exact) mass is 345 g/mol. The second-order valence-electron chi connectivity index (χ2n) is 7.42. The Hall–Kier alpha value is -1.10. The van der Waals surface area contributed by atoms with E-state index in [9.17, 15) is 0 Å². The Balaban J connectivity index is 1.84. The van der Waals surface area contributed by atoms with Gasteiger partial charge in [-0.3, -0.25) is 9.80 Å². The minimum absolute atomic E-state index is 0.692. The predicted octanol–water partition coefficient (Wildman–Crippen LogP) is 3.04. The summed E-state index contributed by atoms with van der Waals surface area (Å²) in [5.41, 5.74) is 4.40. The first-order valence-corrected chi connectivity index (χ1v) is 10.2. The molecule has 140 valence electrons. The minimum atomic E-state index is 0.692. The van der Waals surface area contributed by atoms with Crippen molar-refractivity contribution in [3.05, 3.63) is 28.8 Å². The van der Waals surface area contributed by atoms with E-state index in [2.05, 4.69) is 48.0 Å². The van der Waals surface area contributed by atoms with Gasteiger partial charge >= 0.3 is 0 Å². The number of fused-ring (bicyclic) bond motifs is 1. The Morgan fingerprint density at radius 3 is 2.60 bits per heavy atom. The van der Waals surface area contributed by atoms with Crippen LogP contribution in [-0.4, -0.2) is 55.2 Å². The molecule has 1 saturated heterocycles. The van der Waals surface area contributed by atoms with E-state index < -0.39 is 0 Å². The zero-order chi connectivity index (χ0) is 17.6. The molecule has 0 amide bonds. The van der Waals surface area contributed by atoms with Gasteiger partial charge in [0.15, 0.2) is 0 Å². The molecule has 2 aliphatic heterocycles. The molecule has 0 saturated carbocycles. The average Bonchev–Trinajstić information content (AvgIpc) is 2.63. The van der Waals surface area contributed by atoms with E-state index in [0.29, 0.717) is 6.04 Å². The lowest BCUT2D eigenvalue weighted by atomic mass is 9.90. The van der Waals surface area contributed by atoms with Crippen LogP contribution in [0.2, 0.25) is 0 Å². The third-order valence-corrected chi connectivity index (χ3v) is 5.61. The minimum Gasteiger partial charge on any atom is -0.494 e. The van der Waals surface area contributed by atoms with Gasteiger partial charge in [-0.25, -0.2) is 0 Å². The molecular weight excluding hydrogens is 310 g/mol. The fraction of sp³-hybridized carbons (Fsp3) is 0.714. The molecule has 1 aromatic carbocycles. The first kappa shape index (κ1) is 18.7. The molecule has 4 heteroatoms. The maximum absolute atomic E-state index is 6.03. The van der Waals surface area contributed by atoms with Crippen molar-refractivity contribution in [1.29, 1.82) is 0 Å². The van der Waals surface area contributed by atoms with Crippen LogP contribution in [0.4, 0.5) is 0 Å². The molecule has 0 radical (unpaired) electrons. The number of benzene rings is 1. The quantitative estimate of drug-likeness (QED) is 0.822. The number of hydrogen-bond donors (Lipinski definition) is 1. The van der Waals surface area contributed by atoms with Crippen molar-refractivity contribution < 1.29 is 4.74 Å². The summed E-state index contributed by atoms with van der Waals surface area (Å²) in [6.45, 7) is 15.2. The van der Waals surface area contributed by atoms with Crippen molar-refractivity contribution in [3.63, 3.8) is 0 Å². The van der Waals surface area contributed by atoms with E-state index in [0.717, 1.165) is 51.6 Å². The number of nitrogens with zero attached hydrogens (tertiary/aromatic N) is 2. The number of nitrogens with one attached hydrogen (secondary N) is 1. The molecule has 0 bridgehead atoms. The van der Waals surface area contributed by atoms with Crippen LogP contribution in [0.15, 0.2) is 12.1 Å². The Bertz CT molecular complexity index is 554. The highest BCUT2D eigenvalue weighted by molar-refractivity contribution is 5.44. The summed E-state index contributed by atoms with van der Waals surface area (Å²) < 4.78 is 6.03. The Kier molecular flexibility index (Phi) is 6.74. The van der Waals surface area contributed by atoms with Crippen molar-refractivity contribution in [3.8, 4) is 5.75 Å². The van der Waals surface area contributed by atoms with Gasteiger partial charge in [0.25, 0.3) is 0 Å². The highest BCUT2D eigenvalue weighted by Gasteiger charge is 2.26. The smallest absolute Gasteiger partial charge is 0.124 e. The highest BCUT2D eigenvalue weighted by atomic mass is 16.5. The predicted molar refractivity (Wildman–Crippen MR) is 104 cm³/mol. The van der Waals surface area contributed by atoms with Crippen molar-refractivity contribution >= 4 is 0 Å². The third-order valence-electron chi connectivity index (χ3n) is 5.61. The Morgan fingerprint density at radius 2 is 1.92 bits per heavy atom. The lowest BCUT2D eigenvalue weighted by Gasteiger charge is -2.37. The lowest BCUT2D eigenvalue weighted by Crippen LogP contribution is -2.43. The summed E-state index contributed by atoms with van der Waals surface area (Å²) in [6, 6.07) is 5.48. The fourth-order valence-corrected chi connectivity index (χ4v) is 4.26. The van der Waals surface area contributed by atoms with Gasteiger partial charge in [0, 0.05) is 50.9 Å². The highest BCUT2D eigenvalue weighted by Crippen LogP contribution is 2.32. The summed E-state index contributed by atoms with van der Waals surface area (Å²) in [6.07, 6.45) is 3.65. The first-order chi connectivity index (χ1) is 12.2. The summed E-state index contributed by atoms with van der Waals surface area (Å²) in [5, 5.41) is 3.44. The van der Waals surface area contributed by atoms with Gasteiger partial charge in [-0.05, 0) is 49.9 Å². The average molecular weight is 346 g/mol. The van der Waals surface area contributed by atoms with Gasteiger partial charge in [-0.1, -0.05) is 19.9 Å². The van der Waals surface area contributed by atoms with E-state index in [1.807, 2.05) is 0 Å². The molecule has 1 aromatic rings. The second kappa shape index (κ2) is 9.02. The molecule has 1 N–H and O–H groups in total. The van der Waals surface area contributed by atoms with Crippen molar-refractivity contribution in [1.82, 2.24) is 15.1 Å². The van der Waals surface area contributed by atoms with Gasteiger partial charge in [0.05, 0.1) is 6.61 Å². The summed E-state index contributed by atoms with van der Waals surface area (Å²) in [7, 11) is 0. The molecule has 2 aliphatic rings. The second-order valence-corrected chi connectivity index (χ2v) is 7.42. The SMILES string of the molecule is CCCN1Cc2cc(OCC)c(CN3CCNCC3)cc2CC1CC. The molecule has 0 aliphatic carbocycles. The van der Waals surface area contributed by atoms with Crippen LogP contribution in [0.5, 0.6) is 5.75 Å². The lowest BCUT2D eigenvalue weighted by molar-refractivity contribution is 0.166.